The highest BCUT2D eigenvalue weighted by Crippen LogP contribution is 2.38. The van der Waals surface area contributed by atoms with Crippen LogP contribution in [0.1, 0.15) is 45.1 Å². The van der Waals surface area contributed by atoms with Crippen LogP contribution in [0.4, 0.5) is 24.8 Å². The monoisotopic (exact) mass is 614 g/mol. The molecule has 4 heterocycles. The summed E-state index contributed by atoms with van der Waals surface area (Å²) in [5.41, 5.74) is 0.713. The average Bonchev–Trinajstić information content (AvgIpc) is 3.44. The zero-order valence-electron chi connectivity index (χ0n) is 23.9. The second kappa shape index (κ2) is 12.2. The van der Waals surface area contributed by atoms with Gasteiger partial charge >= 0.3 is 6.18 Å². The summed E-state index contributed by atoms with van der Waals surface area (Å²) in [6.07, 6.45) is 1.77. The number of hydrogen-bond donors (Lipinski definition) is 2. The van der Waals surface area contributed by atoms with Crippen molar-refractivity contribution in [2.45, 2.75) is 57.2 Å². The number of fused-ring (bicyclic) bond motifs is 6. The lowest BCUT2D eigenvalue weighted by Crippen LogP contribution is -2.37. The quantitative estimate of drug-likeness (QED) is 0.266. The summed E-state index contributed by atoms with van der Waals surface area (Å²) in [7, 11) is -4.07. The number of aromatic nitrogens is 4. The molecule has 4 aromatic rings. The molecule has 0 amide bonds. The van der Waals surface area contributed by atoms with Crippen molar-refractivity contribution in [2.75, 3.05) is 23.2 Å². The van der Waals surface area contributed by atoms with Gasteiger partial charge in [-0.3, -0.25) is 4.72 Å². The Morgan fingerprint density at radius 3 is 2.51 bits per heavy atom. The van der Waals surface area contributed by atoms with E-state index in [0.29, 0.717) is 23.7 Å². The molecule has 43 heavy (non-hydrogen) atoms. The van der Waals surface area contributed by atoms with Crippen LogP contribution in [-0.2, 0) is 16.4 Å². The molecule has 13 heteroatoms. The maximum absolute atomic E-state index is 13.3. The Bertz CT molecular complexity index is 1690. The van der Waals surface area contributed by atoms with Crippen LogP contribution in [0.5, 0.6) is 5.88 Å². The Morgan fingerprint density at radius 2 is 1.70 bits per heavy atom. The van der Waals surface area contributed by atoms with Gasteiger partial charge in [-0.05, 0) is 62.9 Å². The zero-order valence-corrected chi connectivity index (χ0v) is 24.7. The molecule has 4 bridgehead atoms. The Labute approximate surface area is 248 Å². The number of benzene rings is 1. The molecule has 0 saturated heterocycles. The number of halogens is 3. The fraction of sp³-hybridized carbons (Fsp3) is 0.367. The third kappa shape index (κ3) is 7.10. The maximum Gasteiger partial charge on any atom is 0.397 e. The molecule has 1 aliphatic rings. The van der Waals surface area contributed by atoms with Gasteiger partial charge in [0.25, 0.3) is 10.0 Å². The van der Waals surface area contributed by atoms with Crippen molar-refractivity contribution in [3.63, 3.8) is 0 Å². The number of pyridine rings is 2. The lowest BCUT2D eigenvalue weighted by Gasteiger charge is -2.26. The highest BCUT2D eigenvalue weighted by Gasteiger charge is 2.48. The molecule has 1 aliphatic heterocycles. The molecule has 9 nitrogen and oxygen atoms in total. The van der Waals surface area contributed by atoms with E-state index in [1.165, 1.54) is 22.9 Å². The molecule has 0 radical (unpaired) electrons. The van der Waals surface area contributed by atoms with E-state index in [4.69, 9.17) is 9.72 Å². The van der Waals surface area contributed by atoms with Crippen molar-refractivity contribution < 1.29 is 26.3 Å². The minimum atomic E-state index is -4.44. The second-order valence-corrected chi connectivity index (χ2v) is 12.7. The fourth-order valence-corrected chi connectivity index (χ4v) is 5.55. The number of ether oxygens (including phenoxy) is 1. The van der Waals surface area contributed by atoms with E-state index in [2.05, 4.69) is 20.1 Å². The Hall–Kier alpha value is -4.13. The third-order valence-corrected chi connectivity index (χ3v) is 8.48. The van der Waals surface area contributed by atoms with Crippen molar-refractivity contribution in [2.24, 2.45) is 5.41 Å². The van der Waals surface area contributed by atoms with Crippen LogP contribution >= 0.6 is 0 Å². The van der Waals surface area contributed by atoms with E-state index in [1.807, 2.05) is 24.3 Å². The number of nitrogens with zero attached hydrogens (tertiary/aromatic N) is 4. The number of alkyl halides is 3. The number of nitrogens with one attached hydrogen (secondary N) is 2. The van der Waals surface area contributed by atoms with E-state index >= 15 is 0 Å². The van der Waals surface area contributed by atoms with Crippen LogP contribution < -0.4 is 14.8 Å². The molecule has 0 aliphatic carbocycles. The van der Waals surface area contributed by atoms with Gasteiger partial charge in [0, 0.05) is 24.4 Å². The van der Waals surface area contributed by atoms with Gasteiger partial charge in [-0.15, -0.1) is 5.10 Å². The first-order chi connectivity index (χ1) is 20.4. The molecule has 0 unspecified atom stereocenters. The van der Waals surface area contributed by atoms with Gasteiger partial charge in [-0.25, -0.2) is 14.6 Å². The first-order valence-electron chi connectivity index (χ1n) is 14.0. The normalized spacial score (nSPS) is 15.8. The van der Waals surface area contributed by atoms with Gasteiger partial charge in [0.1, 0.15) is 18.2 Å². The number of rotatable bonds is 4. The summed E-state index contributed by atoms with van der Waals surface area (Å²) in [5, 5.41) is 7.42. The van der Waals surface area contributed by atoms with Gasteiger partial charge in [-0.2, -0.15) is 21.6 Å². The van der Waals surface area contributed by atoms with Crippen molar-refractivity contribution in [3.8, 4) is 22.8 Å². The SMILES string of the molecule is CC(C)(COc1ccn(-c2ccc3nc2-c2ccccc2CCCCCCNc2cccc(n2)S(=O)(=O)N3)n1)C(F)(F)F. The van der Waals surface area contributed by atoms with Gasteiger partial charge < -0.3 is 10.1 Å². The zero-order chi connectivity index (χ0) is 30.7. The van der Waals surface area contributed by atoms with Crippen molar-refractivity contribution >= 4 is 21.7 Å². The third-order valence-electron chi connectivity index (χ3n) is 7.22. The summed E-state index contributed by atoms with van der Waals surface area (Å²) < 4.78 is 76.0. The predicted molar refractivity (Wildman–Crippen MR) is 158 cm³/mol. The van der Waals surface area contributed by atoms with Crippen molar-refractivity contribution in [1.29, 1.82) is 0 Å². The smallest absolute Gasteiger partial charge is 0.397 e. The van der Waals surface area contributed by atoms with Gasteiger partial charge in [0.2, 0.25) is 5.88 Å². The number of hydrogen-bond acceptors (Lipinski definition) is 7. The highest BCUT2D eigenvalue weighted by atomic mass is 32.2. The van der Waals surface area contributed by atoms with Crippen LogP contribution in [0.25, 0.3) is 16.9 Å². The summed E-state index contributed by atoms with van der Waals surface area (Å²) in [5.74, 6) is 0.568. The second-order valence-electron chi connectivity index (χ2n) is 11.0. The Kier molecular flexibility index (Phi) is 8.63. The average molecular weight is 615 g/mol. The van der Waals surface area contributed by atoms with Crippen molar-refractivity contribution in [1.82, 2.24) is 19.7 Å². The van der Waals surface area contributed by atoms with Crippen LogP contribution in [0.15, 0.2) is 71.9 Å². The van der Waals surface area contributed by atoms with E-state index in [-0.39, 0.29) is 16.7 Å². The molecular formula is C30H33F3N6O3S. The molecular weight excluding hydrogens is 581 g/mol. The largest absolute Gasteiger partial charge is 0.476 e. The van der Waals surface area contributed by atoms with Crippen LogP contribution in [0.2, 0.25) is 0 Å². The lowest BCUT2D eigenvalue weighted by atomic mass is 9.94. The van der Waals surface area contributed by atoms with Crippen LogP contribution in [0.3, 0.4) is 0 Å². The minimum absolute atomic E-state index is 0.0198. The van der Waals surface area contributed by atoms with E-state index in [0.717, 1.165) is 57.1 Å². The first-order valence-corrected chi connectivity index (χ1v) is 15.5. The number of aryl methyl sites for hydroxylation is 1. The molecule has 0 atom stereocenters. The molecule has 3 aromatic heterocycles. The van der Waals surface area contributed by atoms with Gasteiger partial charge in [-0.1, -0.05) is 43.2 Å². The number of sulfonamides is 1. The predicted octanol–water partition coefficient (Wildman–Crippen LogP) is 6.63. The molecule has 0 spiro atoms. The standard InChI is InChI=1S/C30H33F3N6O3S/c1-29(2,30(31,32)33)20-42-26-17-19-39(37-26)23-15-16-25-36-28(23)22-12-7-6-11-21(22)10-5-3-4-8-18-34-24-13-9-14-27(35-24)43(40,41)38-25/h6-7,9,11-17,19H,3-5,8,10,18,20H2,1-2H3,(H,34,35)(H,36,38). The summed E-state index contributed by atoms with van der Waals surface area (Å²) >= 11 is 0. The maximum atomic E-state index is 13.3. The molecule has 2 N–H and O–H groups in total. The van der Waals surface area contributed by atoms with Crippen LogP contribution in [0, 0.1) is 5.41 Å². The molecule has 1 aromatic carbocycles. The summed E-state index contributed by atoms with van der Waals surface area (Å²) in [6, 6.07) is 17.2. The minimum Gasteiger partial charge on any atom is -0.476 e. The highest BCUT2D eigenvalue weighted by molar-refractivity contribution is 7.92. The topological polar surface area (TPSA) is 111 Å². The Morgan fingerprint density at radius 1 is 0.907 bits per heavy atom. The van der Waals surface area contributed by atoms with E-state index in [1.54, 1.807) is 24.4 Å². The van der Waals surface area contributed by atoms with Crippen molar-refractivity contribution in [3.05, 3.63) is 72.4 Å². The van der Waals surface area contributed by atoms with Gasteiger partial charge in [0.15, 0.2) is 5.03 Å². The van der Waals surface area contributed by atoms with E-state index in [9.17, 15) is 21.6 Å². The van der Waals surface area contributed by atoms with E-state index < -0.39 is 28.2 Å². The fourth-order valence-electron chi connectivity index (χ4n) is 4.58. The summed E-state index contributed by atoms with van der Waals surface area (Å²) in [6.45, 7) is 2.20. The van der Waals surface area contributed by atoms with Gasteiger partial charge in [0.05, 0.1) is 16.8 Å². The van der Waals surface area contributed by atoms with Crippen LogP contribution in [-0.4, -0.2) is 47.5 Å². The first kappa shape index (κ1) is 30.3. The summed E-state index contributed by atoms with van der Waals surface area (Å²) in [4.78, 5) is 9.00. The molecule has 5 rings (SSSR count). The molecule has 0 fully saturated rings. The number of anilines is 2. The molecule has 0 saturated carbocycles. The lowest BCUT2D eigenvalue weighted by molar-refractivity contribution is -0.219. The Balaban J connectivity index is 1.54. The molecule has 228 valence electrons.